The van der Waals surface area contributed by atoms with E-state index >= 15 is 0 Å². The first-order valence-corrected chi connectivity index (χ1v) is 7.44. The molecule has 4 nitrogen and oxygen atoms in total. The zero-order valence-corrected chi connectivity index (χ0v) is 11.4. The molecule has 1 aromatic rings. The van der Waals surface area contributed by atoms with Gasteiger partial charge in [-0.1, -0.05) is 0 Å². The van der Waals surface area contributed by atoms with Crippen LogP contribution in [0.15, 0.2) is 18.3 Å². The zero-order chi connectivity index (χ0) is 12.8. The Morgan fingerprint density at radius 2 is 2.50 bits per heavy atom. The van der Waals surface area contributed by atoms with Crippen molar-refractivity contribution in [2.75, 3.05) is 24.2 Å². The van der Waals surface area contributed by atoms with E-state index in [1.807, 2.05) is 30.8 Å². The van der Waals surface area contributed by atoms with Crippen LogP contribution in [0, 0.1) is 0 Å². The monoisotopic (exact) mass is 265 g/mol. The molecule has 2 heterocycles. The van der Waals surface area contributed by atoms with Crippen molar-refractivity contribution < 1.29 is 4.79 Å². The highest BCUT2D eigenvalue weighted by atomic mass is 32.2. The summed E-state index contributed by atoms with van der Waals surface area (Å²) in [7, 11) is 0. The van der Waals surface area contributed by atoms with Gasteiger partial charge in [0.1, 0.15) is 5.69 Å². The standard InChI is InChI=1S/C13H19N3OS/c1-2-14-13(17)12-8-10(5-6-15-12)16-9-11-4-3-7-18-11/h5-6,8,11H,2-4,7,9H2,1H3,(H,14,17)(H,15,16). The van der Waals surface area contributed by atoms with Crippen molar-refractivity contribution in [2.45, 2.75) is 25.0 Å². The van der Waals surface area contributed by atoms with Crippen molar-refractivity contribution in [3.05, 3.63) is 24.0 Å². The number of aromatic nitrogens is 1. The minimum atomic E-state index is -0.114. The molecule has 0 radical (unpaired) electrons. The summed E-state index contributed by atoms with van der Waals surface area (Å²) in [5.41, 5.74) is 1.44. The number of thioether (sulfide) groups is 1. The molecule has 1 amide bonds. The number of amides is 1. The molecule has 2 rings (SSSR count). The maximum absolute atomic E-state index is 11.7. The first kappa shape index (κ1) is 13.2. The lowest BCUT2D eigenvalue weighted by Crippen LogP contribution is -2.24. The lowest BCUT2D eigenvalue weighted by molar-refractivity contribution is 0.0951. The average molecular weight is 265 g/mol. The summed E-state index contributed by atoms with van der Waals surface area (Å²) >= 11 is 2.02. The van der Waals surface area contributed by atoms with E-state index in [-0.39, 0.29) is 5.91 Å². The predicted octanol–water partition coefficient (Wildman–Crippen LogP) is 2.14. The van der Waals surface area contributed by atoms with E-state index in [2.05, 4.69) is 15.6 Å². The molecule has 1 aliphatic heterocycles. The van der Waals surface area contributed by atoms with Crippen LogP contribution in [0.1, 0.15) is 30.3 Å². The van der Waals surface area contributed by atoms with E-state index < -0.39 is 0 Å². The van der Waals surface area contributed by atoms with Gasteiger partial charge in [-0.05, 0) is 37.7 Å². The number of pyridine rings is 1. The molecule has 0 aliphatic carbocycles. The lowest BCUT2D eigenvalue weighted by atomic mass is 10.2. The molecule has 0 spiro atoms. The van der Waals surface area contributed by atoms with E-state index in [1.165, 1.54) is 18.6 Å². The number of nitrogens with one attached hydrogen (secondary N) is 2. The van der Waals surface area contributed by atoms with Gasteiger partial charge < -0.3 is 10.6 Å². The molecule has 1 saturated heterocycles. The second-order valence-electron chi connectivity index (χ2n) is 4.31. The summed E-state index contributed by atoms with van der Waals surface area (Å²) < 4.78 is 0. The third-order valence-electron chi connectivity index (χ3n) is 2.89. The Morgan fingerprint density at radius 1 is 1.61 bits per heavy atom. The van der Waals surface area contributed by atoms with Crippen molar-refractivity contribution in [2.24, 2.45) is 0 Å². The summed E-state index contributed by atoms with van der Waals surface area (Å²) in [6.07, 6.45) is 4.28. The Morgan fingerprint density at radius 3 is 3.22 bits per heavy atom. The van der Waals surface area contributed by atoms with Gasteiger partial charge in [0, 0.05) is 30.2 Å². The third kappa shape index (κ3) is 3.63. The predicted molar refractivity (Wildman–Crippen MR) is 76.2 cm³/mol. The van der Waals surface area contributed by atoms with Crippen molar-refractivity contribution in [3.63, 3.8) is 0 Å². The van der Waals surface area contributed by atoms with Crippen LogP contribution in [0.2, 0.25) is 0 Å². The molecular formula is C13H19N3OS. The van der Waals surface area contributed by atoms with Crippen LogP contribution in [0.4, 0.5) is 5.69 Å². The second kappa shape index (κ2) is 6.64. The highest BCUT2D eigenvalue weighted by molar-refractivity contribution is 8.00. The van der Waals surface area contributed by atoms with Gasteiger partial charge in [-0.2, -0.15) is 11.8 Å². The number of nitrogens with zero attached hydrogens (tertiary/aromatic N) is 1. The van der Waals surface area contributed by atoms with E-state index in [0.717, 1.165) is 12.2 Å². The van der Waals surface area contributed by atoms with Gasteiger partial charge in [0.2, 0.25) is 0 Å². The second-order valence-corrected chi connectivity index (χ2v) is 5.71. The fourth-order valence-electron chi connectivity index (χ4n) is 1.95. The van der Waals surface area contributed by atoms with E-state index in [4.69, 9.17) is 0 Å². The molecule has 18 heavy (non-hydrogen) atoms. The van der Waals surface area contributed by atoms with Gasteiger partial charge in [-0.3, -0.25) is 9.78 Å². The smallest absolute Gasteiger partial charge is 0.269 e. The van der Waals surface area contributed by atoms with Gasteiger partial charge in [-0.15, -0.1) is 0 Å². The molecule has 5 heteroatoms. The largest absolute Gasteiger partial charge is 0.384 e. The van der Waals surface area contributed by atoms with E-state index in [9.17, 15) is 4.79 Å². The lowest BCUT2D eigenvalue weighted by Gasteiger charge is -2.11. The van der Waals surface area contributed by atoms with Crippen LogP contribution in [0.25, 0.3) is 0 Å². The molecule has 1 unspecified atom stereocenters. The topological polar surface area (TPSA) is 54.0 Å². The van der Waals surface area contributed by atoms with Gasteiger partial charge in [0.25, 0.3) is 5.91 Å². The Kier molecular flexibility index (Phi) is 4.87. The quantitative estimate of drug-likeness (QED) is 0.856. The van der Waals surface area contributed by atoms with Crippen molar-refractivity contribution >= 4 is 23.4 Å². The Hall–Kier alpha value is -1.23. The van der Waals surface area contributed by atoms with Crippen molar-refractivity contribution in [1.82, 2.24) is 10.3 Å². The number of hydrogen-bond acceptors (Lipinski definition) is 4. The molecule has 1 atom stereocenters. The van der Waals surface area contributed by atoms with Crippen LogP contribution < -0.4 is 10.6 Å². The Labute approximate surface area is 112 Å². The summed E-state index contributed by atoms with van der Waals surface area (Å²) in [6, 6.07) is 3.72. The van der Waals surface area contributed by atoms with Crippen LogP contribution in [-0.4, -0.2) is 35.0 Å². The van der Waals surface area contributed by atoms with Gasteiger partial charge in [-0.25, -0.2) is 0 Å². The highest BCUT2D eigenvalue weighted by Crippen LogP contribution is 2.26. The summed E-state index contributed by atoms with van der Waals surface area (Å²) in [6.45, 7) is 3.48. The molecule has 1 aliphatic rings. The normalized spacial score (nSPS) is 18.6. The molecular weight excluding hydrogens is 246 g/mol. The van der Waals surface area contributed by atoms with Crippen LogP contribution >= 0.6 is 11.8 Å². The number of rotatable bonds is 5. The molecule has 1 aromatic heterocycles. The SMILES string of the molecule is CCNC(=O)c1cc(NCC2CCCS2)ccn1. The first-order valence-electron chi connectivity index (χ1n) is 6.39. The summed E-state index contributed by atoms with van der Waals surface area (Å²) in [4.78, 5) is 15.7. The summed E-state index contributed by atoms with van der Waals surface area (Å²) in [5, 5.41) is 6.84. The summed E-state index contributed by atoms with van der Waals surface area (Å²) in [5.74, 6) is 1.16. The molecule has 1 fully saturated rings. The molecule has 0 bridgehead atoms. The maximum atomic E-state index is 11.7. The average Bonchev–Trinajstić information content (AvgIpc) is 2.90. The Balaban J connectivity index is 1.91. The Bertz CT molecular complexity index is 405. The number of anilines is 1. The minimum absolute atomic E-state index is 0.114. The maximum Gasteiger partial charge on any atom is 0.269 e. The van der Waals surface area contributed by atoms with Crippen molar-refractivity contribution in [3.8, 4) is 0 Å². The van der Waals surface area contributed by atoms with E-state index in [0.29, 0.717) is 17.5 Å². The third-order valence-corrected chi connectivity index (χ3v) is 4.29. The van der Waals surface area contributed by atoms with Gasteiger partial charge >= 0.3 is 0 Å². The molecule has 0 aromatic carbocycles. The fraction of sp³-hybridized carbons (Fsp3) is 0.538. The van der Waals surface area contributed by atoms with Crippen LogP contribution in [0.3, 0.4) is 0 Å². The number of carbonyl (C=O) groups excluding carboxylic acids is 1. The molecule has 0 saturated carbocycles. The van der Waals surface area contributed by atoms with Gasteiger partial charge in [0.05, 0.1) is 0 Å². The van der Waals surface area contributed by atoms with Crippen LogP contribution in [-0.2, 0) is 0 Å². The number of carbonyl (C=O) groups is 1. The zero-order valence-electron chi connectivity index (χ0n) is 10.6. The highest BCUT2D eigenvalue weighted by Gasteiger charge is 2.15. The minimum Gasteiger partial charge on any atom is -0.384 e. The van der Waals surface area contributed by atoms with Gasteiger partial charge in [0.15, 0.2) is 0 Å². The molecule has 98 valence electrons. The van der Waals surface area contributed by atoms with E-state index in [1.54, 1.807) is 6.20 Å². The fourth-order valence-corrected chi connectivity index (χ4v) is 3.15. The van der Waals surface area contributed by atoms with Crippen LogP contribution in [0.5, 0.6) is 0 Å². The molecule has 2 N–H and O–H groups in total. The number of hydrogen-bond donors (Lipinski definition) is 2. The first-order chi connectivity index (χ1) is 8.79. The van der Waals surface area contributed by atoms with Crippen molar-refractivity contribution in [1.29, 1.82) is 0 Å².